The molecule has 1 aliphatic heterocycles. The Bertz CT molecular complexity index is 260. The van der Waals surface area contributed by atoms with Crippen molar-refractivity contribution in [1.29, 1.82) is 0 Å². The summed E-state index contributed by atoms with van der Waals surface area (Å²) in [7, 11) is 3.14. The van der Waals surface area contributed by atoms with Crippen molar-refractivity contribution in [1.82, 2.24) is 5.32 Å². The zero-order valence-corrected chi connectivity index (χ0v) is 10.00. The highest BCUT2D eigenvalue weighted by molar-refractivity contribution is 5.90. The van der Waals surface area contributed by atoms with Gasteiger partial charge in [0.05, 0.1) is 12.1 Å². The Morgan fingerprint density at radius 2 is 2.20 bits per heavy atom. The number of oxime groups is 1. The number of rotatable bonds is 3. The lowest BCUT2D eigenvalue weighted by Gasteiger charge is -2.30. The minimum atomic E-state index is -1.04. The SMILES string of the molecule is CNC1(C(O)OC)CC(C(C)(C)C)=NO1. The summed E-state index contributed by atoms with van der Waals surface area (Å²) in [5.74, 6) is 0. The molecule has 0 bridgehead atoms. The molecule has 0 saturated carbocycles. The van der Waals surface area contributed by atoms with Crippen molar-refractivity contribution in [3.63, 3.8) is 0 Å². The molecule has 2 unspecified atom stereocenters. The van der Waals surface area contributed by atoms with E-state index in [0.717, 1.165) is 5.71 Å². The minimum Gasteiger partial charge on any atom is -0.367 e. The number of methoxy groups -OCH3 is 1. The second-order valence-corrected chi connectivity index (χ2v) is 4.78. The molecule has 0 aromatic heterocycles. The van der Waals surface area contributed by atoms with Crippen molar-refractivity contribution < 1.29 is 14.7 Å². The molecule has 1 aliphatic rings. The first-order valence-corrected chi connectivity index (χ1v) is 5.01. The number of aliphatic hydroxyl groups is 1. The van der Waals surface area contributed by atoms with E-state index >= 15 is 0 Å². The number of nitrogens with one attached hydrogen (secondary N) is 1. The third-order valence-electron chi connectivity index (χ3n) is 2.66. The van der Waals surface area contributed by atoms with Gasteiger partial charge in [-0.2, -0.15) is 0 Å². The third kappa shape index (κ3) is 2.30. The van der Waals surface area contributed by atoms with Crippen LogP contribution in [-0.2, 0) is 9.57 Å². The van der Waals surface area contributed by atoms with Gasteiger partial charge in [0.2, 0.25) is 12.0 Å². The molecule has 0 spiro atoms. The van der Waals surface area contributed by atoms with Gasteiger partial charge in [0, 0.05) is 12.5 Å². The second kappa shape index (κ2) is 4.08. The van der Waals surface area contributed by atoms with Crippen molar-refractivity contribution >= 4 is 5.71 Å². The molecule has 0 radical (unpaired) electrons. The summed E-state index contributed by atoms with van der Waals surface area (Å²) in [6.45, 7) is 6.17. The topological polar surface area (TPSA) is 63.1 Å². The molecule has 0 aromatic carbocycles. The third-order valence-corrected chi connectivity index (χ3v) is 2.66. The molecular formula is C10H20N2O3. The highest BCUT2D eigenvalue weighted by atomic mass is 16.7. The van der Waals surface area contributed by atoms with Crippen LogP contribution in [0.5, 0.6) is 0 Å². The first-order chi connectivity index (χ1) is 6.85. The van der Waals surface area contributed by atoms with E-state index in [2.05, 4.69) is 31.2 Å². The van der Waals surface area contributed by atoms with Crippen LogP contribution in [0.4, 0.5) is 0 Å². The summed E-state index contributed by atoms with van der Waals surface area (Å²) < 4.78 is 4.88. The van der Waals surface area contributed by atoms with Crippen LogP contribution in [0.2, 0.25) is 0 Å². The van der Waals surface area contributed by atoms with Gasteiger partial charge in [-0.3, -0.25) is 5.32 Å². The van der Waals surface area contributed by atoms with E-state index in [4.69, 9.17) is 9.57 Å². The molecule has 5 nitrogen and oxygen atoms in total. The highest BCUT2D eigenvalue weighted by Crippen LogP contribution is 2.32. The zero-order valence-electron chi connectivity index (χ0n) is 10.00. The summed E-state index contributed by atoms with van der Waals surface area (Å²) in [5.41, 5.74) is -0.100. The Kier molecular flexibility index (Phi) is 3.38. The number of hydrogen-bond acceptors (Lipinski definition) is 5. The van der Waals surface area contributed by atoms with E-state index in [1.54, 1.807) is 7.05 Å². The predicted molar refractivity (Wildman–Crippen MR) is 57.4 cm³/mol. The number of aliphatic hydroxyl groups excluding tert-OH is 1. The fourth-order valence-corrected chi connectivity index (χ4v) is 1.43. The first-order valence-electron chi connectivity index (χ1n) is 5.01. The number of nitrogens with zero attached hydrogens (tertiary/aromatic N) is 1. The average molecular weight is 216 g/mol. The van der Waals surface area contributed by atoms with Crippen LogP contribution in [0, 0.1) is 5.41 Å². The Morgan fingerprint density at radius 3 is 2.53 bits per heavy atom. The van der Waals surface area contributed by atoms with Crippen LogP contribution < -0.4 is 5.32 Å². The van der Waals surface area contributed by atoms with Crippen molar-refractivity contribution in [3.8, 4) is 0 Å². The van der Waals surface area contributed by atoms with E-state index in [-0.39, 0.29) is 5.41 Å². The van der Waals surface area contributed by atoms with Crippen molar-refractivity contribution in [2.75, 3.05) is 14.2 Å². The fourth-order valence-electron chi connectivity index (χ4n) is 1.43. The van der Waals surface area contributed by atoms with Gasteiger partial charge in [-0.25, -0.2) is 0 Å². The van der Waals surface area contributed by atoms with E-state index < -0.39 is 12.0 Å². The predicted octanol–water partition coefficient (Wildman–Crippen LogP) is 0.689. The van der Waals surface area contributed by atoms with Crippen LogP contribution in [0.15, 0.2) is 5.16 Å². The van der Waals surface area contributed by atoms with E-state index in [1.807, 2.05) is 0 Å². The van der Waals surface area contributed by atoms with Crippen molar-refractivity contribution in [2.45, 2.75) is 39.2 Å². The quantitative estimate of drug-likeness (QED) is 0.681. The second-order valence-electron chi connectivity index (χ2n) is 4.78. The fraction of sp³-hybridized carbons (Fsp3) is 0.900. The maximum Gasteiger partial charge on any atom is 0.244 e. The lowest BCUT2D eigenvalue weighted by molar-refractivity contribution is -0.223. The summed E-state index contributed by atoms with van der Waals surface area (Å²) in [6, 6.07) is 0. The molecular weight excluding hydrogens is 196 g/mol. The van der Waals surface area contributed by atoms with Crippen LogP contribution in [0.1, 0.15) is 27.2 Å². The van der Waals surface area contributed by atoms with Gasteiger partial charge in [-0.15, -0.1) is 0 Å². The van der Waals surface area contributed by atoms with Crippen molar-refractivity contribution in [2.24, 2.45) is 10.6 Å². The van der Waals surface area contributed by atoms with Gasteiger partial charge in [0.15, 0.2) is 0 Å². The molecule has 2 N–H and O–H groups in total. The molecule has 0 aliphatic carbocycles. The van der Waals surface area contributed by atoms with Crippen LogP contribution in [-0.4, -0.2) is 37.0 Å². The summed E-state index contributed by atoms with van der Waals surface area (Å²) in [6.07, 6.45) is -0.520. The number of likely N-dealkylation sites (N-methyl/N-ethyl adjacent to an activating group) is 1. The molecule has 0 amide bonds. The molecule has 5 heteroatoms. The van der Waals surface area contributed by atoms with Crippen molar-refractivity contribution in [3.05, 3.63) is 0 Å². The van der Waals surface area contributed by atoms with Gasteiger partial charge >= 0.3 is 0 Å². The highest BCUT2D eigenvalue weighted by Gasteiger charge is 2.47. The number of ether oxygens (including phenoxy) is 1. The molecule has 88 valence electrons. The Balaban J connectivity index is 2.79. The average Bonchev–Trinajstić information content (AvgIpc) is 2.61. The monoisotopic (exact) mass is 216 g/mol. The van der Waals surface area contributed by atoms with Crippen LogP contribution in [0.25, 0.3) is 0 Å². The maximum absolute atomic E-state index is 9.71. The molecule has 2 atom stereocenters. The normalized spacial score (nSPS) is 28.5. The number of hydrogen-bond donors (Lipinski definition) is 2. The summed E-state index contributed by atoms with van der Waals surface area (Å²) in [5, 5.41) is 16.6. The Morgan fingerprint density at radius 1 is 1.60 bits per heavy atom. The molecule has 0 saturated heterocycles. The van der Waals surface area contributed by atoms with E-state index in [0.29, 0.717) is 6.42 Å². The largest absolute Gasteiger partial charge is 0.367 e. The Labute approximate surface area is 90.4 Å². The minimum absolute atomic E-state index is 0.0634. The summed E-state index contributed by atoms with van der Waals surface area (Å²) in [4.78, 5) is 5.28. The van der Waals surface area contributed by atoms with E-state index in [9.17, 15) is 5.11 Å². The smallest absolute Gasteiger partial charge is 0.244 e. The lowest BCUT2D eigenvalue weighted by Crippen LogP contribution is -2.54. The maximum atomic E-state index is 9.71. The van der Waals surface area contributed by atoms with Gasteiger partial charge < -0.3 is 14.7 Å². The lowest BCUT2D eigenvalue weighted by atomic mass is 9.85. The first kappa shape index (κ1) is 12.4. The molecule has 0 aromatic rings. The Hall–Kier alpha value is -0.650. The van der Waals surface area contributed by atoms with Crippen LogP contribution in [0.3, 0.4) is 0 Å². The molecule has 1 rings (SSSR count). The van der Waals surface area contributed by atoms with Gasteiger partial charge in [-0.1, -0.05) is 25.9 Å². The van der Waals surface area contributed by atoms with Crippen LogP contribution >= 0.6 is 0 Å². The van der Waals surface area contributed by atoms with Gasteiger partial charge in [0.1, 0.15) is 0 Å². The molecule has 1 heterocycles. The standard InChI is InChI=1S/C10H20N2O3/c1-9(2,3)7-6-10(11-4,15-12-7)8(13)14-5/h8,11,13H,6H2,1-5H3. The van der Waals surface area contributed by atoms with E-state index in [1.165, 1.54) is 7.11 Å². The molecule has 15 heavy (non-hydrogen) atoms. The summed E-state index contributed by atoms with van der Waals surface area (Å²) >= 11 is 0. The molecule has 0 fully saturated rings. The van der Waals surface area contributed by atoms with Gasteiger partial charge in [0.25, 0.3) is 0 Å². The zero-order chi connectivity index (χ0) is 11.7. The van der Waals surface area contributed by atoms with Gasteiger partial charge in [-0.05, 0) is 7.05 Å².